The zero-order chi connectivity index (χ0) is 8.53. The Morgan fingerprint density at radius 1 is 1.36 bits per heavy atom. The lowest BCUT2D eigenvalue weighted by molar-refractivity contribution is 0.0346. The summed E-state index contributed by atoms with van der Waals surface area (Å²) in [5.74, 6) is 0. The average Bonchev–Trinajstić information content (AvgIpc) is 1.99. The Balaban J connectivity index is 2.97. The van der Waals surface area contributed by atoms with Gasteiger partial charge in [-0.05, 0) is 12.8 Å². The fraction of sp³-hybridized carbons (Fsp3) is 1.00. The van der Waals surface area contributed by atoms with E-state index in [1.165, 1.54) is 19.3 Å². The molecule has 1 N–H and O–H groups in total. The molecule has 0 aromatic rings. The molecule has 3 heteroatoms. The summed E-state index contributed by atoms with van der Waals surface area (Å²) in [6.07, 6.45) is 4.72. The summed E-state index contributed by atoms with van der Waals surface area (Å²) in [4.78, 5) is 5.23. The van der Waals surface area contributed by atoms with Gasteiger partial charge in [-0.3, -0.25) is 0 Å². The van der Waals surface area contributed by atoms with Gasteiger partial charge >= 0.3 is 0 Å². The number of rotatable bonds is 7. The van der Waals surface area contributed by atoms with Gasteiger partial charge in [0.15, 0.2) is 0 Å². The van der Waals surface area contributed by atoms with Crippen molar-refractivity contribution in [1.82, 2.24) is 5.48 Å². The largest absolute Gasteiger partial charge is 0.301 e. The number of hydroxylamine groups is 1. The molecular formula is C8H18INO. The van der Waals surface area contributed by atoms with Crippen LogP contribution in [0.1, 0.15) is 39.5 Å². The first-order valence-electron chi connectivity index (χ1n) is 4.32. The fourth-order valence-electron chi connectivity index (χ4n) is 0.678. The maximum Gasteiger partial charge on any atom is 0.0835 e. The third-order valence-electron chi connectivity index (χ3n) is 1.35. The molecule has 2 nitrogen and oxygen atoms in total. The topological polar surface area (TPSA) is 21.3 Å². The van der Waals surface area contributed by atoms with Crippen molar-refractivity contribution in [3.8, 4) is 0 Å². The van der Waals surface area contributed by atoms with Gasteiger partial charge in [-0.15, -0.1) is 0 Å². The molecule has 0 saturated carbocycles. The number of unbranched alkanes of at least 4 members (excludes halogenated alkanes) is 1. The fourth-order valence-corrected chi connectivity index (χ4v) is 1.48. The van der Waals surface area contributed by atoms with Gasteiger partial charge in [-0.1, -0.05) is 49.3 Å². The van der Waals surface area contributed by atoms with Crippen LogP contribution in [0.25, 0.3) is 0 Å². The first-order chi connectivity index (χ1) is 5.31. The van der Waals surface area contributed by atoms with Gasteiger partial charge in [0, 0.05) is 0 Å². The molecule has 0 aliphatic carbocycles. The minimum atomic E-state index is 0.467. The second-order valence-electron chi connectivity index (χ2n) is 2.58. The maximum absolute atomic E-state index is 5.23. The lowest BCUT2D eigenvalue weighted by Gasteiger charge is -2.10. The van der Waals surface area contributed by atoms with Crippen molar-refractivity contribution in [3.05, 3.63) is 0 Å². The van der Waals surface area contributed by atoms with Gasteiger partial charge in [0.2, 0.25) is 0 Å². The van der Waals surface area contributed by atoms with Crippen LogP contribution >= 0.6 is 22.6 Å². The Morgan fingerprint density at radius 3 is 2.64 bits per heavy atom. The van der Waals surface area contributed by atoms with Gasteiger partial charge in [0.05, 0.1) is 10.7 Å². The zero-order valence-electron chi connectivity index (χ0n) is 7.40. The molecule has 0 radical (unpaired) electrons. The molecule has 0 spiro atoms. The Kier molecular flexibility index (Phi) is 9.26. The first-order valence-corrected chi connectivity index (χ1v) is 5.57. The van der Waals surface area contributed by atoms with E-state index >= 15 is 0 Å². The summed E-state index contributed by atoms with van der Waals surface area (Å²) >= 11 is 2.36. The maximum atomic E-state index is 5.23. The Labute approximate surface area is 83.2 Å². The molecule has 0 fully saturated rings. The molecule has 0 saturated heterocycles. The van der Waals surface area contributed by atoms with Crippen molar-refractivity contribution in [1.29, 1.82) is 0 Å². The lowest BCUT2D eigenvalue weighted by atomic mass is 10.3. The molecular weight excluding hydrogens is 253 g/mol. The summed E-state index contributed by atoms with van der Waals surface area (Å²) in [6, 6.07) is 0. The zero-order valence-corrected chi connectivity index (χ0v) is 9.56. The van der Waals surface area contributed by atoms with Gasteiger partial charge < -0.3 is 4.84 Å². The Hall–Kier alpha value is 0.650. The van der Waals surface area contributed by atoms with Crippen LogP contribution in [0.15, 0.2) is 0 Å². The van der Waals surface area contributed by atoms with E-state index in [9.17, 15) is 0 Å². The summed E-state index contributed by atoms with van der Waals surface area (Å²) < 4.78 is 0.467. The normalized spacial score (nSPS) is 13.4. The van der Waals surface area contributed by atoms with Gasteiger partial charge in [-0.25, -0.2) is 0 Å². The van der Waals surface area contributed by atoms with E-state index in [1.54, 1.807) is 0 Å². The van der Waals surface area contributed by atoms with Crippen molar-refractivity contribution in [2.75, 3.05) is 6.61 Å². The smallest absolute Gasteiger partial charge is 0.0835 e. The molecule has 0 aliphatic rings. The van der Waals surface area contributed by atoms with E-state index in [0.29, 0.717) is 4.05 Å². The van der Waals surface area contributed by atoms with Crippen molar-refractivity contribution >= 4 is 22.6 Å². The van der Waals surface area contributed by atoms with Crippen LogP contribution in [0.5, 0.6) is 0 Å². The van der Waals surface area contributed by atoms with Gasteiger partial charge in [0.25, 0.3) is 0 Å². The predicted octanol–water partition coefficient (Wildman–Crippen LogP) is 2.87. The highest BCUT2D eigenvalue weighted by atomic mass is 127. The molecule has 68 valence electrons. The second-order valence-corrected chi connectivity index (χ2v) is 4.08. The van der Waals surface area contributed by atoms with Crippen molar-refractivity contribution in [2.24, 2.45) is 0 Å². The molecule has 0 heterocycles. The van der Waals surface area contributed by atoms with Crippen LogP contribution in [-0.2, 0) is 4.84 Å². The van der Waals surface area contributed by atoms with Crippen molar-refractivity contribution in [3.63, 3.8) is 0 Å². The third-order valence-corrected chi connectivity index (χ3v) is 2.23. The van der Waals surface area contributed by atoms with E-state index in [1.807, 2.05) is 0 Å². The molecule has 0 aliphatic heterocycles. The number of nitrogens with one attached hydrogen (secondary N) is 1. The molecule has 0 aromatic heterocycles. The SMILES string of the molecule is CCCCONC(I)CCC. The summed E-state index contributed by atoms with van der Waals surface area (Å²) in [7, 11) is 0. The number of hydrogen-bond acceptors (Lipinski definition) is 2. The highest BCUT2D eigenvalue weighted by Crippen LogP contribution is 2.04. The second kappa shape index (κ2) is 8.74. The number of halogens is 1. The molecule has 0 aromatic carbocycles. The highest BCUT2D eigenvalue weighted by molar-refractivity contribution is 14.1. The molecule has 1 atom stereocenters. The quantitative estimate of drug-likeness (QED) is 0.253. The van der Waals surface area contributed by atoms with Gasteiger partial charge in [-0.2, -0.15) is 5.48 Å². The summed E-state index contributed by atoms with van der Waals surface area (Å²) in [5.41, 5.74) is 3.00. The minimum Gasteiger partial charge on any atom is -0.301 e. The predicted molar refractivity (Wildman–Crippen MR) is 56.7 cm³/mol. The average molecular weight is 271 g/mol. The monoisotopic (exact) mass is 271 g/mol. The Morgan fingerprint density at radius 2 is 2.09 bits per heavy atom. The number of hydrogen-bond donors (Lipinski definition) is 1. The highest BCUT2D eigenvalue weighted by Gasteiger charge is 1.99. The molecule has 1 unspecified atom stereocenters. The van der Waals surface area contributed by atoms with E-state index in [0.717, 1.165) is 13.0 Å². The van der Waals surface area contributed by atoms with Crippen LogP contribution in [0.2, 0.25) is 0 Å². The molecule has 0 rings (SSSR count). The van der Waals surface area contributed by atoms with Crippen LogP contribution in [-0.4, -0.2) is 10.7 Å². The Bertz CT molecular complexity index is 80.5. The van der Waals surface area contributed by atoms with Crippen LogP contribution in [0.4, 0.5) is 0 Å². The third kappa shape index (κ3) is 8.56. The lowest BCUT2D eigenvalue weighted by Crippen LogP contribution is -2.23. The van der Waals surface area contributed by atoms with Crippen molar-refractivity contribution < 1.29 is 4.84 Å². The van der Waals surface area contributed by atoms with E-state index in [2.05, 4.69) is 41.9 Å². The minimum absolute atomic E-state index is 0.467. The van der Waals surface area contributed by atoms with E-state index in [4.69, 9.17) is 4.84 Å². The number of alkyl halides is 1. The van der Waals surface area contributed by atoms with E-state index < -0.39 is 0 Å². The van der Waals surface area contributed by atoms with Crippen LogP contribution in [0, 0.1) is 0 Å². The molecule has 11 heavy (non-hydrogen) atoms. The molecule has 0 amide bonds. The first kappa shape index (κ1) is 11.6. The van der Waals surface area contributed by atoms with Crippen LogP contribution < -0.4 is 5.48 Å². The standard InChI is InChI=1S/C8H18INO/c1-3-5-7-11-10-8(9)6-4-2/h8,10H,3-7H2,1-2H3. The summed E-state index contributed by atoms with van der Waals surface area (Å²) in [6.45, 7) is 5.18. The van der Waals surface area contributed by atoms with Gasteiger partial charge in [0.1, 0.15) is 0 Å². The molecule has 0 bridgehead atoms. The summed E-state index contributed by atoms with van der Waals surface area (Å²) in [5, 5.41) is 0. The van der Waals surface area contributed by atoms with Crippen molar-refractivity contribution in [2.45, 2.75) is 43.6 Å². The van der Waals surface area contributed by atoms with E-state index in [-0.39, 0.29) is 0 Å². The van der Waals surface area contributed by atoms with Crippen LogP contribution in [0.3, 0.4) is 0 Å².